The van der Waals surface area contributed by atoms with E-state index >= 15 is 0 Å². The van der Waals surface area contributed by atoms with Crippen LogP contribution < -0.4 is 0 Å². The lowest BCUT2D eigenvalue weighted by Crippen LogP contribution is -2.35. The van der Waals surface area contributed by atoms with Crippen LogP contribution in [0.3, 0.4) is 0 Å². The number of nitrogens with zero attached hydrogens (tertiary/aromatic N) is 2. The first-order valence-corrected chi connectivity index (χ1v) is 9.94. The van der Waals surface area contributed by atoms with Crippen molar-refractivity contribution in [2.24, 2.45) is 0 Å². The number of methoxy groups -OCH3 is 1. The number of aryl methyl sites for hydroxylation is 1. The number of carbonyl (C=O) groups is 3. The van der Waals surface area contributed by atoms with Crippen molar-refractivity contribution in [3.8, 4) is 0 Å². The number of H-pyrrole nitrogens is 1. The van der Waals surface area contributed by atoms with Gasteiger partial charge < -0.3 is 14.6 Å². The van der Waals surface area contributed by atoms with Gasteiger partial charge >= 0.3 is 5.97 Å². The summed E-state index contributed by atoms with van der Waals surface area (Å²) in [6.07, 6.45) is 3.26. The second-order valence-electron chi connectivity index (χ2n) is 7.06. The molecule has 0 saturated carbocycles. The second kappa shape index (κ2) is 9.57. The lowest BCUT2D eigenvalue weighted by Gasteiger charge is -2.22. The van der Waals surface area contributed by atoms with E-state index in [2.05, 4.69) is 9.97 Å². The quantitative estimate of drug-likeness (QED) is 0.444. The summed E-state index contributed by atoms with van der Waals surface area (Å²) in [6.45, 7) is 3.45. The topological polar surface area (TPSA) is 92.4 Å². The molecule has 8 heteroatoms. The second-order valence-corrected chi connectivity index (χ2v) is 7.50. The highest BCUT2D eigenvalue weighted by molar-refractivity contribution is 6.30. The molecule has 7 nitrogen and oxygen atoms in total. The number of nitrogens with one attached hydrogen (secondary N) is 1. The Kier molecular flexibility index (Phi) is 6.87. The van der Waals surface area contributed by atoms with Crippen LogP contribution in [0.15, 0.2) is 48.8 Å². The number of Topliss-reactive ketones (excluding diaryl/α,β-unsaturated/α-hetero) is 1. The molecular formula is C23H22ClN3O4. The number of aromatic amines is 1. The number of aromatic nitrogens is 2. The van der Waals surface area contributed by atoms with Crippen LogP contribution in [0, 0.1) is 13.8 Å². The van der Waals surface area contributed by atoms with Gasteiger partial charge in [-0.05, 0) is 61.4 Å². The predicted molar refractivity (Wildman–Crippen MR) is 116 cm³/mol. The molecule has 31 heavy (non-hydrogen) atoms. The van der Waals surface area contributed by atoms with Gasteiger partial charge in [0.05, 0.1) is 13.7 Å². The van der Waals surface area contributed by atoms with Crippen LogP contribution in [-0.4, -0.2) is 46.2 Å². The van der Waals surface area contributed by atoms with Crippen molar-refractivity contribution in [3.63, 3.8) is 0 Å². The molecule has 0 aliphatic rings. The number of amides is 1. The first kappa shape index (κ1) is 22.2. The molecule has 0 spiro atoms. The van der Waals surface area contributed by atoms with Gasteiger partial charge in [-0.25, -0.2) is 4.79 Å². The Balaban J connectivity index is 1.92. The lowest BCUT2D eigenvalue weighted by molar-refractivity contribution is 0.0593. The molecule has 2 aromatic heterocycles. The highest BCUT2D eigenvalue weighted by Crippen LogP contribution is 2.21. The third-order valence-electron chi connectivity index (χ3n) is 4.94. The Hall–Kier alpha value is -3.45. The summed E-state index contributed by atoms with van der Waals surface area (Å²) in [6, 6.07) is 10.1. The summed E-state index contributed by atoms with van der Waals surface area (Å²) in [5.74, 6) is -1.14. The van der Waals surface area contributed by atoms with E-state index in [4.69, 9.17) is 16.3 Å². The number of pyridine rings is 1. The Morgan fingerprint density at radius 1 is 1.06 bits per heavy atom. The van der Waals surface area contributed by atoms with E-state index in [1.807, 2.05) is 0 Å². The average Bonchev–Trinajstić information content (AvgIpc) is 3.07. The van der Waals surface area contributed by atoms with E-state index < -0.39 is 5.97 Å². The molecule has 3 rings (SSSR count). The van der Waals surface area contributed by atoms with Crippen molar-refractivity contribution >= 4 is 29.3 Å². The molecule has 0 saturated heterocycles. The molecule has 1 N–H and O–H groups in total. The number of benzene rings is 1. The van der Waals surface area contributed by atoms with E-state index in [9.17, 15) is 14.4 Å². The summed E-state index contributed by atoms with van der Waals surface area (Å²) < 4.78 is 4.77. The zero-order valence-electron chi connectivity index (χ0n) is 17.4. The van der Waals surface area contributed by atoms with Gasteiger partial charge in [0.25, 0.3) is 5.91 Å². The summed E-state index contributed by atoms with van der Waals surface area (Å²) in [4.78, 5) is 46.7. The van der Waals surface area contributed by atoms with Crippen LogP contribution in [0.5, 0.6) is 0 Å². The van der Waals surface area contributed by atoms with Crippen LogP contribution in [0.2, 0.25) is 5.02 Å². The van der Waals surface area contributed by atoms with E-state index in [1.54, 1.807) is 62.6 Å². The molecule has 2 heterocycles. The zero-order chi connectivity index (χ0) is 22.5. The fourth-order valence-electron chi connectivity index (χ4n) is 3.41. The summed E-state index contributed by atoms with van der Waals surface area (Å²) in [5, 5.41) is 0.516. The van der Waals surface area contributed by atoms with Crippen LogP contribution in [0.4, 0.5) is 0 Å². The predicted octanol–water partition coefficient (Wildman–Crippen LogP) is 3.99. The molecule has 160 valence electrons. The molecule has 0 radical (unpaired) electrons. The third-order valence-corrected chi connectivity index (χ3v) is 5.19. The number of hydrogen-bond donors (Lipinski definition) is 1. The number of carbonyl (C=O) groups excluding carboxylic acids is 3. The monoisotopic (exact) mass is 439 g/mol. The Morgan fingerprint density at radius 2 is 1.71 bits per heavy atom. The van der Waals surface area contributed by atoms with E-state index in [0.29, 0.717) is 27.4 Å². The number of rotatable bonds is 7. The molecule has 0 bridgehead atoms. The molecule has 0 aliphatic carbocycles. The van der Waals surface area contributed by atoms with E-state index in [0.717, 1.165) is 5.56 Å². The van der Waals surface area contributed by atoms with Crippen LogP contribution in [0.25, 0.3) is 0 Å². The number of hydrogen-bond acceptors (Lipinski definition) is 5. The number of ether oxygens (including phenoxy) is 1. The molecule has 0 aliphatic heterocycles. The minimum atomic E-state index is -0.550. The maximum atomic E-state index is 13.2. The fraction of sp³-hybridized carbons (Fsp3) is 0.217. The minimum absolute atomic E-state index is 0.163. The summed E-state index contributed by atoms with van der Waals surface area (Å²) >= 11 is 5.94. The maximum Gasteiger partial charge on any atom is 0.354 e. The minimum Gasteiger partial charge on any atom is -0.464 e. The van der Waals surface area contributed by atoms with Gasteiger partial charge in [0.2, 0.25) is 0 Å². The SMILES string of the molecule is COC(=O)c1[nH]c(C)c(C(=O)CN(Cc2ccncc2)C(=O)c2ccc(Cl)cc2)c1C. The number of ketones is 1. The average molecular weight is 440 g/mol. The Labute approximate surface area is 185 Å². The lowest BCUT2D eigenvalue weighted by atomic mass is 10.0. The smallest absolute Gasteiger partial charge is 0.354 e. The Bertz CT molecular complexity index is 1110. The van der Waals surface area contributed by atoms with Crippen molar-refractivity contribution < 1.29 is 19.1 Å². The molecule has 0 unspecified atom stereocenters. The van der Waals surface area contributed by atoms with Gasteiger partial charge in [-0.1, -0.05) is 11.6 Å². The van der Waals surface area contributed by atoms with E-state index in [-0.39, 0.29) is 30.5 Å². The van der Waals surface area contributed by atoms with Gasteiger partial charge in [-0.15, -0.1) is 0 Å². The van der Waals surface area contributed by atoms with Crippen molar-refractivity contribution in [1.82, 2.24) is 14.9 Å². The van der Waals surface area contributed by atoms with Crippen LogP contribution >= 0.6 is 11.6 Å². The van der Waals surface area contributed by atoms with Crippen molar-refractivity contribution in [3.05, 3.63) is 87.5 Å². The van der Waals surface area contributed by atoms with E-state index in [1.165, 1.54) is 12.0 Å². The highest BCUT2D eigenvalue weighted by Gasteiger charge is 2.26. The third kappa shape index (κ3) is 5.00. The Morgan fingerprint density at radius 3 is 2.32 bits per heavy atom. The molecule has 1 amide bonds. The van der Waals surface area contributed by atoms with Gasteiger partial charge in [-0.2, -0.15) is 0 Å². The summed E-state index contributed by atoms with van der Waals surface area (Å²) in [7, 11) is 1.28. The molecule has 0 atom stereocenters. The van der Waals surface area contributed by atoms with Gasteiger partial charge in [0.15, 0.2) is 5.78 Å². The van der Waals surface area contributed by atoms with Gasteiger partial charge in [0, 0.05) is 40.8 Å². The first-order chi connectivity index (χ1) is 14.8. The van der Waals surface area contributed by atoms with Crippen LogP contribution in [-0.2, 0) is 11.3 Å². The van der Waals surface area contributed by atoms with Gasteiger partial charge in [0.1, 0.15) is 5.69 Å². The van der Waals surface area contributed by atoms with Crippen molar-refractivity contribution in [2.45, 2.75) is 20.4 Å². The van der Waals surface area contributed by atoms with Crippen molar-refractivity contribution in [1.29, 1.82) is 0 Å². The molecular weight excluding hydrogens is 418 g/mol. The maximum absolute atomic E-state index is 13.2. The normalized spacial score (nSPS) is 10.6. The largest absolute Gasteiger partial charge is 0.464 e. The highest BCUT2D eigenvalue weighted by atomic mass is 35.5. The molecule has 1 aromatic carbocycles. The molecule has 0 fully saturated rings. The van der Waals surface area contributed by atoms with Gasteiger partial charge in [-0.3, -0.25) is 14.6 Å². The number of esters is 1. The zero-order valence-corrected chi connectivity index (χ0v) is 18.2. The summed E-state index contributed by atoms with van der Waals surface area (Å²) in [5.41, 5.74) is 2.91. The first-order valence-electron chi connectivity index (χ1n) is 9.56. The fourth-order valence-corrected chi connectivity index (χ4v) is 3.54. The van der Waals surface area contributed by atoms with Crippen LogP contribution in [0.1, 0.15) is 48.0 Å². The van der Waals surface area contributed by atoms with Crippen molar-refractivity contribution in [2.75, 3.05) is 13.7 Å². The molecule has 3 aromatic rings. The number of halogens is 1. The standard InChI is InChI=1S/C23H22ClN3O4/c1-14-20(15(2)26-21(14)23(30)31-3)19(28)13-27(12-16-8-10-25-11-9-16)22(29)17-4-6-18(24)7-5-17/h4-11,26H,12-13H2,1-3H3.